The molecule has 8 heteroatoms. The third-order valence-corrected chi connectivity index (χ3v) is 4.93. The molecule has 1 fully saturated rings. The molecule has 1 aliphatic rings. The minimum Gasteiger partial charge on any atom is -0.229 e. The monoisotopic (exact) mass is 264 g/mol. The Labute approximate surface area is 98.9 Å². The van der Waals surface area contributed by atoms with E-state index in [0.29, 0.717) is 12.2 Å². The normalized spacial score (nSPS) is 30.4. The van der Waals surface area contributed by atoms with E-state index in [1.54, 1.807) is 11.6 Å². The van der Waals surface area contributed by atoms with E-state index in [1.807, 2.05) is 6.92 Å². The highest BCUT2D eigenvalue weighted by Gasteiger charge is 2.42. The second-order valence-corrected chi connectivity index (χ2v) is 7.24. The minimum atomic E-state index is -2.98. The molecule has 2 atom stereocenters. The smallest absolute Gasteiger partial charge is 0.169 e. The zero-order valence-corrected chi connectivity index (χ0v) is 10.7. The van der Waals surface area contributed by atoms with Crippen molar-refractivity contribution in [2.75, 3.05) is 11.5 Å². The number of aromatic nitrogens is 4. The Balaban J connectivity index is 2.41. The van der Waals surface area contributed by atoms with E-state index in [9.17, 15) is 8.42 Å². The van der Waals surface area contributed by atoms with Gasteiger partial charge in [-0.05, 0) is 30.7 Å². The highest BCUT2D eigenvalue weighted by molar-refractivity contribution is 7.91. The molecular formula is C8H13ClN4O2S. The van der Waals surface area contributed by atoms with Crippen LogP contribution in [0, 0.1) is 0 Å². The molecule has 0 N–H and O–H groups in total. The number of tetrazole rings is 1. The number of sulfone groups is 1. The fourth-order valence-electron chi connectivity index (χ4n) is 1.99. The maximum Gasteiger partial charge on any atom is 0.169 e. The predicted octanol–water partition coefficient (Wildman–Crippen LogP) is 0.507. The van der Waals surface area contributed by atoms with Crippen molar-refractivity contribution in [2.45, 2.75) is 31.2 Å². The number of hydrogen-bond donors (Lipinski definition) is 0. The third-order valence-electron chi connectivity index (χ3n) is 2.84. The molecule has 0 spiro atoms. The van der Waals surface area contributed by atoms with Crippen LogP contribution in [0.25, 0.3) is 0 Å². The molecule has 16 heavy (non-hydrogen) atoms. The number of rotatable bonds is 2. The Morgan fingerprint density at radius 1 is 1.56 bits per heavy atom. The molecule has 0 saturated carbocycles. The molecule has 1 saturated heterocycles. The first kappa shape index (κ1) is 11.8. The molecular weight excluding hydrogens is 252 g/mol. The van der Waals surface area contributed by atoms with Crippen LogP contribution in [-0.4, -0.2) is 40.1 Å². The lowest BCUT2D eigenvalue weighted by molar-refractivity contribution is 0.310. The van der Waals surface area contributed by atoms with Crippen molar-refractivity contribution < 1.29 is 8.42 Å². The van der Waals surface area contributed by atoms with Gasteiger partial charge in [-0.3, -0.25) is 0 Å². The Morgan fingerprint density at radius 3 is 2.75 bits per heavy atom. The van der Waals surface area contributed by atoms with E-state index in [-0.39, 0.29) is 16.9 Å². The van der Waals surface area contributed by atoms with Crippen molar-refractivity contribution in [2.24, 2.45) is 0 Å². The summed E-state index contributed by atoms with van der Waals surface area (Å²) in [6.07, 6.45) is 0.525. The first-order chi connectivity index (χ1) is 7.34. The van der Waals surface area contributed by atoms with Gasteiger partial charge in [-0.15, -0.1) is 16.7 Å². The van der Waals surface area contributed by atoms with Gasteiger partial charge in [0.1, 0.15) is 0 Å². The van der Waals surface area contributed by atoms with Crippen LogP contribution in [0.1, 0.15) is 31.5 Å². The molecule has 0 radical (unpaired) electrons. The molecule has 2 rings (SSSR count). The SMILES string of the molecule is CC(Cl)c1nnnn1C1(C)CCS(=O)(=O)C1. The van der Waals surface area contributed by atoms with E-state index in [1.165, 1.54) is 0 Å². The minimum absolute atomic E-state index is 0.0711. The largest absolute Gasteiger partial charge is 0.229 e. The zero-order chi connectivity index (χ0) is 12.0. The standard InChI is InChI=1S/C8H13ClN4O2S/c1-6(9)7-10-11-12-13(7)8(2)3-4-16(14,15)5-8/h6H,3-5H2,1-2H3. The molecule has 0 aliphatic carbocycles. The molecule has 2 heterocycles. The van der Waals surface area contributed by atoms with E-state index >= 15 is 0 Å². The molecule has 0 aromatic carbocycles. The summed E-state index contributed by atoms with van der Waals surface area (Å²) < 4.78 is 24.6. The van der Waals surface area contributed by atoms with Crippen molar-refractivity contribution in [3.63, 3.8) is 0 Å². The second kappa shape index (κ2) is 3.66. The molecule has 0 amide bonds. The van der Waals surface area contributed by atoms with Crippen molar-refractivity contribution in [3.8, 4) is 0 Å². The van der Waals surface area contributed by atoms with Gasteiger partial charge in [-0.2, -0.15) is 0 Å². The highest BCUT2D eigenvalue weighted by Crippen LogP contribution is 2.32. The lowest BCUT2D eigenvalue weighted by Gasteiger charge is -2.23. The van der Waals surface area contributed by atoms with Crippen molar-refractivity contribution >= 4 is 21.4 Å². The molecule has 1 aromatic rings. The average Bonchev–Trinajstić information content (AvgIpc) is 2.71. The zero-order valence-electron chi connectivity index (χ0n) is 9.09. The van der Waals surface area contributed by atoms with Crippen LogP contribution >= 0.6 is 11.6 Å². The van der Waals surface area contributed by atoms with Crippen LogP contribution in [-0.2, 0) is 15.4 Å². The Kier molecular flexibility index (Phi) is 2.70. The summed E-state index contributed by atoms with van der Waals surface area (Å²) in [5, 5.41) is 10.9. The summed E-state index contributed by atoms with van der Waals surface area (Å²) in [6, 6.07) is 0. The van der Waals surface area contributed by atoms with E-state index in [2.05, 4.69) is 15.5 Å². The quantitative estimate of drug-likeness (QED) is 0.727. The van der Waals surface area contributed by atoms with Crippen LogP contribution in [0.15, 0.2) is 0 Å². The molecule has 1 aliphatic heterocycles. The lowest BCUT2D eigenvalue weighted by Crippen LogP contribution is -2.34. The van der Waals surface area contributed by atoms with Gasteiger partial charge >= 0.3 is 0 Å². The number of halogens is 1. The Hall–Kier alpha value is -0.690. The summed E-state index contributed by atoms with van der Waals surface area (Å²) in [5.41, 5.74) is -0.569. The lowest BCUT2D eigenvalue weighted by atomic mass is 10.0. The van der Waals surface area contributed by atoms with Gasteiger partial charge in [-0.1, -0.05) is 0 Å². The Morgan fingerprint density at radius 2 is 2.25 bits per heavy atom. The fraction of sp³-hybridized carbons (Fsp3) is 0.875. The van der Waals surface area contributed by atoms with Gasteiger partial charge in [0, 0.05) is 0 Å². The summed E-state index contributed by atoms with van der Waals surface area (Å²) in [5.74, 6) is 0.766. The molecule has 2 unspecified atom stereocenters. The maximum absolute atomic E-state index is 11.5. The maximum atomic E-state index is 11.5. The topological polar surface area (TPSA) is 77.7 Å². The number of alkyl halides is 1. The number of nitrogens with zero attached hydrogens (tertiary/aromatic N) is 4. The first-order valence-electron chi connectivity index (χ1n) is 4.97. The van der Waals surface area contributed by atoms with Crippen LogP contribution in [0.5, 0.6) is 0 Å². The fourth-order valence-corrected chi connectivity index (χ4v) is 4.23. The molecule has 0 bridgehead atoms. The van der Waals surface area contributed by atoms with Gasteiger partial charge in [0.15, 0.2) is 15.7 Å². The summed E-state index contributed by atoms with van der Waals surface area (Å²) >= 11 is 5.95. The van der Waals surface area contributed by atoms with Gasteiger partial charge in [-0.25, -0.2) is 13.1 Å². The molecule has 90 valence electrons. The van der Waals surface area contributed by atoms with E-state index in [0.717, 1.165) is 0 Å². The first-order valence-corrected chi connectivity index (χ1v) is 7.23. The van der Waals surface area contributed by atoms with Crippen molar-refractivity contribution in [3.05, 3.63) is 5.82 Å². The highest BCUT2D eigenvalue weighted by atomic mass is 35.5. The second-order valence-electron chi connectivity index (χ2n) is 4.40. The predicted molar refractivity (Wildman–Crippen MR) is 59.0 cm³/mol. The average molecular weight is 265 g/mol. The van der Waals surface area contributed by atoms with Gasteiger partial charge in [0.2, 0.25) is 0 Å². The van der Waals surface area contributed by atoms with Crippen molar-refractivity contribution in [1.29, 1.82) is 0 Å². The number of hydrogen-bond acceptors (Lipinski definition) is 5. The van der Waals surface area contributed by atoms with Crippen LogP contribution in [0.2, 0.25) is 0 Å². The van der Waals surface area contributed by atoms with Gasteiger partial charge in [0.25, 0.3) is 0 Å². The van der Waals surface area contributed by atoms with Crippen LogP contribution in [0.3, 0.4) is 0 Å². The van der Waals surface area contributed by atoms with Crippen LogP contribution in [0.4, 0.5) is 0 Å². The molecule has 1 aromatic heterocycles. The summed E-state index contributed by atoms with van der Waals surface area (Å²) in [6.45, 7) is 3.60. The van der Waals surface area contributed by atoms with E-state index in [4.69, 9.17) is 11.6 Å². The third kappa shape index (κ3) is 1.93. The summed E-state index contributed by atoms with van der Waals surface area (Å²) in [4.78, 5) is 0. The van der Waals surface area contributed by atoms with Gasteiger partial charge in [0.05, 0.1) is 22.4 Å². The Bertz CT molecular complexity index is 498. The van der Waals surface area contributed by atoms with E-state index < -0.39 is 15.4 Å². The summed E-state index contributed by atoms with van der Waals surface area (Å²) in [7, 11) is -2.98. The van der Waals surface area contributed by atoms with Crippen molar-refractivity contribution in [1.82, 2.24) is 20.2 Å². The molecule has 6 nitrogen and oxygen atoms in total. The van der Waals surface area contributed by atoms with Gasteiger partial charge < -0.3 is 0 Å². The van der Waals surface area contributed by atoms with Crippen LogP contribution < -0.4 is 0 Å².